The SMILES string of the molecule is CCN1CCN(Cc2ccccc2CNC(=O)C2CCN(c3cccc(Br)c3)C2=O)CC1. The van der Waals surface area contributed by atoms with Crippen molar-refractivity contribution in [3.8, 4) is 0 Å². The van der Waals surface area contributed by atoms with Gasteiger partial charge in [-0.05, 0) is 42.3 Å². The van der Waals surface area contributed by atoms with Crippen molar-refractivity contribution in [2.24, 2.45) is 5.92 Å². The molecule has 2 amide bonds. The second-order valence-electron chi connectivity index (χ2n) is 8.51. The van der Waals surface area contributed by atoms with Crippen LogP contribution in [0.25, 0.3) is 0 Å². The van der Waals surface area contributed by atoms with Gasteiger partial charge in [-0.3, -0.25) is 14.5 Å². The predicted molar refractivity (Wildman–Crippen MR) is 130 cm³/mol. The summed E-state index contributed by atoms with van der Waals surface area (Å²) in [6.07, 6.45) is 0.542. The first-order chi connectivity index (χ1) is 15.5. The summed E-state index contributed by atoms with van der Waals surface area (Å²) in [7, 11) is 0. The number of benzene rings is 2. The summed E-state index contributed by atoms with van der Waals surface area (Å²) in [4.78, 5) is 32.4. The molecule has 0 aliphatic carbocycles. The Hall–Kier alpha value is -2.22. The molecular weight excluding hydrogens is 468 g/mol. The van der Waals surface area contributed by atoms with Crippen molar-refractivity contribution >= 4 is 33.4 Å². The minimum absolute atomic E-state index is 0.123. The normalized spacial score (nSPS) is 20.0. The van der Waals surface area contributed by atoms with Gasteiger partial charge in [0, 0.05) is 56.0 Å². The van der Waals surface area contributed by atoms with Gasteiger partial charge in [0.2, 0.25) is 11.8 Å². The zero-order valence-corrected chi connectivity index (χ0v) is 20.2. The minimum Gasteiger partial charge on any atom is -0.351 e. The van der Waals surface area contributed by atoms with Gasteiger partial charge in [-0.2, -0.15) is 0 Å². The first-order valence-electron chi connectivity index (χ1n) is 11.4. The lowest BCUT2D eigenvalue weighted by Crippen LogP contribution is -2.45. The third kappa shape index (κ3) is 5.39. The first-order valence-corrected chi connectivity index (χ1v) is 12.2. The van der Waals surface area contributed by atoms with E-state index in [1.54, 1.807) is 4.90 Å². The number of halogens is 1. The lowest BCUT2D eigenvalue weighted by Gasteiger charge is -2.34. The Bertz CT molecular complexity index is 958. The maximum absolute atomic E-state index is 12.9. The maximum Gasteiger partial charge on any atom is 0.239 e. The molecule has 0 bridgehead atoms. The zero-order chi connectivity index (χ0) is 22.5. The molecule has 4 rings (SSSR count). The number of piperazine rings is 1. The van der Waals surface area contributed by atoms with Crippen LogP contribution in [0.5, 0.6) is 0 Å². The summed E-state index contributed by atoms with van der Waals surface area (Å²) in [5, 5.41) is 3.03. The molecule has 0 aromatic heterocycles. The predicted octanol–water partition coefficient (Wildman–Crippen LogP) is 3.26. The second-order valence-corrected chi connectivity index (χ2v) is 9.42. The smallest absolute Gasteiger partial charge is 0.239 e. The number of carbonyl (C=O) groups is 2. The lowest BCUT2D eigenvalue weighted by molar-refractivity contribution is -0.132. The van der Waals surface area contributed by atoms with Gasteiger partial charge in [0.1, 0.15) is 5.92 Å². The van der Waals surface area contributed by atoms with E-state index in [-0.39, 0.29) is 11.8 Å². The minimum atomic E-state index is -0.622. The number of hydrogen-bond donors (Lipinski definition) is 1. The number of nitrogens with one attached hydrogen (secondary N) is 1. The number of rotatable bonds is 7. The third-order valence-corrected chi connectivity index (χ3v) is 7.01. The molecule has 170 valence electrons. The molecular formula is C25H31BrN4O2. The molecule has 1 atom stereocenters. The molecule has 0 radical (unpaired) electrons. The van der Waals surface area contributed by atoms with Crippen LogP contribution in [-0.2, 0) is 22.7 Å². The molecule has 2 aliphatic heterocycles. The summed E-state index contributed by atoms with van der Waals surface area (Å²) >= 11 is 3.45. The van der Waals surface area contributed by atoms with Gasteiger partial charge in [0.05, 0.1) is 0 Å². The van der Waals surface area contributed by atoms with Crippen LogP contribution in [0, 0.1) is 5.92 Å². The van der Waals surface area contributed by atoms with E-state index in [1.807, 2.05) is 30.3 Å². The van der Waals surface area contributed by atoms with E-state index >= 15 is 0 Å². The zero-order valence-electron chi connectivity index (χ0n) is 18.6. The molecule has 2 fully saturated rings. The van der Waals surface area contributed by atoms with Crippen LogP contribution in [0.4, 0.5) is 5.69 Å². The van der Waals surface area contributed by atoms with Gasteiger partial charge < -0.3 is 15.1 Å². The van der Waals surface area contributed by atoms with Gasteiger partial charge in [-0.1, -0.05) is 53.2 Å². The summed E-state index contributed by atoms with van der Waals surface area (Å²) < 4.78 is 0.920. The van der Waals surface area contributed by atoms with E-state index in [0.717, 1.165) is 55.0 Å². The molecule has 1 N–H and O–H groups in total. The van der Waals surface area contributed by atoms with Gasteiger partial charge in [-0.15, -0.1) is 0 Å². The molecule has 2 aromatic carbocycles. The molecule has 2 aromatic rings. The molecule has 6 nitrogen and oxygen atoms in total. The molecule has 2 heterocycles. The number of amides is 2. The largest absolute Gasteiger partial charge is 0.351 e. The third-order valence-electron chi connectivity index (χ3n) is 6.52. The lowest BCUT2D eigenvalue weighted by atomic mass is 10.0. The number of carbonyl (C=O) groups excluding carboxylic acids is 2. The Labute approximate surface area is 198 Å². The summed E-state index contributed by atoms with van der Waals surface area (Å²) in [5.74, 6) is -0.926. The molecule has 2 aliphatic rings. The van der Waals surface area contributed by atoms with Crippen molar-refractivity contribution in [3.63, 3.8) is 0 Å². The highest BCUT2D eigenvalue weighted by atomic mass is 79.9. The topological polar surface area (TPSA) is 55.9 Å². The van der Waals surface area contributed by atoms with Crippen molar-refractivity contribution < 1.29 is 9.59 Å². The van der Waals surface area contributed by atoms with E-state index in [1.165, 1.54) is 5.56 Å². The highest BCUT2D eigenvalue weighted by Gasteiger charge is 2.37. The van der Waals surface area contributed by atoms with E-state index < -0.39 is 5.92 Å². The Morgan fingerprint density at radius 1 is 1.00 bits per heavy atom. The average molecular weight is 499 g/mol. The van der Waals surface area contributed by atoms with E-state index in [2.05, 4.69) is 56.2 Å². The van der Waals surface area contributed by atoms with E-state index in [4.69, 9.17) is 0 Å². The molecule has 7 heteroatoms. The van der Waals surface area contributed by atoms with Gasteiger partial charge in [0.15, 0.2) is 0 Å². The average Bonchev–Trinajstić information content (AvgIpc) is 3.20. The molecule has 2 saturated heterocycles. The summed E-state index contributed by atoms with van der Waals surface area (Å²) in [6.45, 7) is 9.56. The van der Waals surface area contributed by atoms with E-state index in [9.17, 15) is 9.59 Å². The number of anilines is 1. The quantitative estimate of drug-likeness (QED) is 0.595. The number of nitrogens with zero attached hydrogens (tertiary/aromatic N) is 3. The standard InChI is InChI=1S/C25H31BrN4O2/c1-2-28-12-14-29(15-13-28)18-20-7-4-3-6-19(20)17-27-24(31)23-10-11-30(25(23)32)22-9-5-8-21(26)16-22/h3-9,16,23H,2,10-15,17-18H2,1H3,(H,27,31). The Morgan fingerprint density at radius 2 is 1.72 bits per heavy atom. The van der Waals surface area contributed by atoms with Gasteiger partial charge in [0.25, 0.3) is 0 Å². The molecule has 0 spiro atoms. The maximum atomic E-state index is 12.9. The van der Waals surface area contributed by atoms with Crippen molar-refractivity contribution in [1.82, 2.24) is 15.1 Å². The van der Waals surface area contributed by atoms with E-state index in [0.29, 0.717) is 19.5 Å². The van der Waals surface area contributed by atoms with Crippen LogP contribution in [0.3, 0.4) is 0 Å². The second kappa shape index (κ2) is 10.6. The summed E-state index contributed by atoms with van der Waals surface area (Å²) in [5.41, 5.74) is 3.19. The van der Waals surface area contributed by atoms with Crippen molar-refractivity contribution in [2.45, 2.75) is 26.4 Å². The van der Waals surface area contributed by atoms with Crippen molar-refractivity contribution in [3.05, 3.63) is 64.1 Å². The van der Waals surface area contributed by atoms with Gasteiger partial charge in [-0.25, -0.2) is 0 Å². The summed E-state index contributed by atoms with van der Waals surface area (Å²) in [6, 6.07) is 15.9. The Morgan fingerprint density at radius 3 is 2.44 bits per heavy atom. The number of hydrogen-bond acceptors (Lipinski definition) is 4. The molecule has 1 unspecified atom stereocenters. The molecule has 32 heavy (non-hydrogen) atoms. The van der Waals surface area contributed by atoms with Crippen LogP contribution in [0.15, 0.2) is 53.0 Å². The fourth-order valence-electron chi connectivity index (χ4n) is 4.52. The van der Waals surface area contributed by atoms with Crippen LogP contribution in [0.1, 0.15) is 24.5 Å². The monoisotopic (exact) mass is 498 g/mol. The highest BCUT2D eigenvalue weighted by Crippen LogP contribution is 2.27. The van der Waals surface area contributed by atoms with Crippen LogP contribution >= 0.6 is 15.9 Å². The van der Waals surface area contributed by atoms with Gasteiger partial charge >= 0.3 is 0 Å². The van der Waals surface area contributed by atoms with Crippen molar-refractivity contribution in [1.29, 1.82) is 0 Å². The fourth-order valence-corrected chi connectivity index (χ4v) is 4.91. The first kappa shape index (κ1) is 23.0. The van der Waals surface area contributed by atoms with Crippen LogP contribution in [-0.4, -0.2) is 60.9 Å². The van der Waals surface area contributed by atoms with Crippen LogP contribution < -0.4 is 10.2 Å². The van der Waals surface area contributed by atoms with Crippen LogP contribution in [0.2, 0.25) is 0 Å². The van der Waals surface area contributed by atoms with Crippen molar-refractivity contribution in [2.75, 3.05) is 44.2 Å². The molecule has 0 saturated carbocycles. The number of likely N-dealkylation sites (N-methyl/N-ethyl adjacent to an activating group) is 1. The fraction of sp³-hybridized carbons (Fsp3) is 0.440. The Kier molecular flexibility index (Phi) is 7.60. The highest BCUT2D eigenvalue weighted by molar-refractivity contribution is 9.10. The Balaban J connectivity index is 1.34.